The summed E-state index contributed by atoms with van der Waals surface area (Å²) in [6.07, 6.45) is 2.08. The van der Waals surface area contributed by atoms with Crippen LogP contribution < -0.4 is 4.72 Å². The van der Waals surface area contributed by atoms with Crippen LogP contribution in [-0.2, 0) is 23.6 Å². The van der Waals surface area contributed by atoms with Crippen molar-refractivity contribution < 1.29 is 17.2 Å². The largest absolute Gasteiger partial charge is 0.419 e. The molecule has 148 valence electrons. The summed E-state index contributed by atoms with van der Waals surface area (Å²) in [5.74, 6) is 0.825. The number of sulfonamides is 1. The maximum atomic E-state index is 13.3. The quantitative estimate of drug-likeness (QED) is 0.681. The minimum Gasteiger partial charge on any atom is -0.419 e. The zero-order chi connectivity index (χ0) is 20.1. The molecule has 0 atom stereocenters. The van der Waals surface area contributed by atoms with Crippen molar-refractivity contribution in [3.05, 3.63) is 52.8 Å². The van der Waals surface area contributed by atoms with Crippen molar-refractivity contribution in [1.29, 1.82) is 0 Å². The van der Waals surface area contributed by atoms with Gasteiger partial charge in [0.2, 0.25) is 15.9 Å². The second-order valence-corrected chi connectivity index (χ2v) is 8.83. The van der Waals surface area contributed by atoms with Crippen molar-refractivity contribution in [3.63, 3.8) is 0 Å². The molecule has 7 nitrogen and oxygen atoms in total. The van der Waals surface area contributed by atoms with Gasteiger partial charge >= 0.3 is 0 Å². The fraction of sp³-hybridized carbons (Fsp3) is 0.368. The Morgan fingerprint density at radius 1 is 1.29 bits per heavy atom. The number of hydrogen-bond acceptors (Lipinski definition) is 5. The van der Waals surface area contributed by atoms with E-state index in [2.05, 4.69) is 14.9 Å². The van der Waals surface area contributed by atoms with Gasteiger partial charge in [0.15, 0.2) is 0 Å². The molecule has 0 bridgehead atoms. The van der Waals surface area contributed by atoms with Crippen LogP contribution in [0.1, 0.15) is 41.5 Å². The fourth-order valence-corrected chi connectivity index (χ4v) is 4.90. The number of aromatic nitrogens is 3. The molecule has 1 N–H and O–H groups in total. The van der Waals surface area contributed by atoms with Gasteiger partial charge in [0, 0.05) is 30.8 Å². The molecule has 1 aliphatic rings. The maximum Gasteiger partial charge on any atom is 0.264 e. The highest BCUT2D eigenvalue weighted by molar-refractivity contribution is 7.89. The number of halogens is 1. The Morgan fingerprint density at radius 3 is 2.71 bits per heavy atom. The molecule has 2 heterocycles. The van der Waals surface area contributed by atoms with Crippen LogP contribution in [0.3, 0.4) is 0 Å². The Morgan fingerprint density at radius 2 is 2.04 bits per heavy atom. The molecule has 1 saturated carbocycles. The van der Waals surface area contributed by atoms with Crippen LogP contribution in [0.25, 0.3) is 11.6 Å². The van der Waals surface area contributed by atoms with Gasteiger partial charge in [-0.15, -0.1) is 10.2 Å². The standard InChI is InChI=1S/C19H21FN4O3S/c1-11-16(19-23-22-18(27-19)14-7-8-14)24(3)12(2)17(11)28(25,26)21-10-13-5-4-6-15(20)9-13/h4-6,9,14,21H,7-8,10H2,1-3H3. The Labute approximate surface area is 162 Å². The van der Waals surface area contributed by atoms with Gasteiger partial charge in [-0.25, -0.2) is 17.5 Å². The zero-order valence-corrected chi connectivity index (χ0v) is 16.7. The van der Waals surface area contributed by atoms with Gasteiger partial charge in [0.1, 0.15) is 16.4 Å². The van der Waals surface area contributed by atoms with Gasteiger partial charge in [-0.3, -0.25) is 0 Å². The average Bonchev–Trinajstić information content (AvgIpc) is 3.33. The van der Waals surface area contributed by atoms with Gasteiger partial charge in [-0.1, -0.05) is 12.1 Å². The van der Waals surface area contributed by atoms with E-state index in [1.165, 1.54) is 12.1 Å². The van der Waals surface area contributed by atoms with E-state index in [1.807, 2.05) is 0 Å². The molecule has 2 aromatic heterocycles. The molecule has 1 aromatic carbocycles. The zero-order valence-electron chi connectivity index (χ0n) is 15.9. The SMILES string of the molecule is Cc1c(S(=O)(=O)NCc2cccc(F)c2)c(C)n(C)c1-c1nnc(C2CC2)o1. The van der Waals surface area contributed by atoms with E-state index in [9.17, 15) is 12.8 Å². The minimum absolute atomic E-state index is 0.00438. The lowest BCUT2D eigenvalue weighted by Gasteiger charge is -2.08. The topological polar surface area (TPSA) is 90.0 Å². The summed E-state index contributed by atoms with van der Waals surface area (Å²) in [5, 5.41) is 8.21. The number of nitrogens with zero attached hydrogens (tertiary/aromatic N) is 3. The minimum atomic E-state index is -3.82. The first-order chi connectivity index (χ1) is 13.3. The Hall–Kier alpha value is -2.52. The van der Waals surface area contributed by atoms with Crippen molar-refractivity contribution in [2.45, 2.75) is 44.0 Å². The van der Waals surface area contributed by atoms with E-state index in [4.69, 9.17) is 4.42 Å². The molecule has 28 heavy (non-hydrogen) atoms. The van der Waals surface area contributed by atoms with E-state index in [0.29, 0.717) is 40.2 Å². The normalized spacial score (nSPS) is 14.6. The molecule has 0 unspecified atom stereocenters. The molecule has 4 rings (SSSR count). The monoisotopic (exact) mass is 404 g/mol. The van der Waals surface area contributed by atoms with Crippen molar-refractivity contribution >= 4 is 10.0 Å². The highest BCUT2D eigenvalue weighted by Gasteiger charge is 2.32. The molecule has 0 aliphatic heterocycles. The Kier molecular flexibility index (Phi) is 4.59. The number of rotatable bonds is 6. The summed E-state index contributed by atoms with van der Waals surface area (Å²) < 4.78 is 49.4. The van der Waals surface area contributed by atoms with Gasteiger partial charge in [-0.2, -0.15) is 0 Å². The van der Waals surface area contributed by atoms with Crippen LogP contribution in [0.15, 0.2) is 33.6 Å². The Balaban J connectivity index is 1.66. The molecular formula is C19H21FN4O3S. The number of hydrogen-bond donors (Lipinski definition) is 1. The fourth-order valence-electron chi connectivity index (χ4n) is 3.37. The van der Waals surface area contributed by atoms with Crippen LogP contribution in [0.5, 0.6) is 0 Å². The highest BCUT2D eigenvalue weighted by Crippen LogP contribution is 2.41. The van der Waals surface area contributed by atoms with E-state index >= 15 is 0 Å². The van der Waals surface area contributed by atoms with Crippen LogP contribution in [-0.4, -0.2) is 23.2 Å². The van der Waals surface area contributed by atoms with Gasteiger partial charge < -0.3 is 8.98 Å². The lowest BCUT2D eigenvalue weighted by Crippen LogP contribution is -2.24. The lowest BCUT2D eigenvalue weighted by atomic mass is 10.2. The average molecular weight is 404 g/mol. The van der Waals surface area contributed by atoms with E-state index in [1.54, 1.807) is 37.6 Å². The third-order valence-electron chi connectivity index (χ3n) is 5.06. The molecule has 1 aliphatic carbocycles. The summed E-state index contributed by atoms with van der Waals surface area (Å²) in [6.45, 7) is 3.45. The highest BCUT2D eigenvalue weighted by atomic mass is 32.2. The molecule has 9 heteroatoms. The molecule has 0 radical (unpaired) electrons. The maximum absolute atomic E-state index is 13.3. The predicted octanol–water partition coefficient (Wildman–Crippen LogP) is 3.19. The summed E-state index contributed by atoms with van der Waals surface area (Å²) in [7, 11) is -2.05. The van der Waals surface area contributed by atoms with Crippen molar-refractivity contribution in [2.75, 3.05) is 0 Å². The van der Waals surface area contributed by atoms with Crippen molar-refractivity contribution in [3.8, 4) is 11.6 Å². The van der Waals surface area contributed by atoms with Crippen LogP contribution in [0.4, 0.5) is 4.39 Å². The first kappa shape index (κ1) is 18.8. The molecule has 3 aromatic rings. The second-order valence-electron chi connectivity index (χ2n) is 7.12. The number of benzene rings is 1. The van der Waals surface area contributed by atoms with Gasteiger partial charge in [0.25, 0.3) is 5.89 Å². The van der Waals surface area contributed by atoms with Crippen molar-refractivity contribution in [1.82, 2.24) is 19.5 Å². The molecule has 0 saturated heterocycles. The van der Waals surface area contributed by atoms with Crippen LogP contribution in [0, 0.1) is 19.7 Å². The molecule has 1 fully saturated rings. The summed E-state index contributed by atoms with van der Waals surface area (Å²) in [4.78, 5) is 0.174. The van der Waals surface area contributed by atoms with Crippen LogP contribution in [0.2, 0.25) is 0 Å². The lowest BCUT2D eigenvalue weighted by molar-refractivity contribution is 0.504. The van der Waals surface area contributed by atoms with Gasteiger partial charge in [-0.05, 0) is 44.4 Å². The van der Waals surface area contributed by atoms with Gasteiger partial charge in [0.05, 0.1) is 0 Å². The molecular weight excluding hydrogens is 383 g/mol. The first-order valence-electron chi connectivity index (χ1n) is 9.01. The summed E-state index contributed by atoms with van der Waals surface area (Å²) >= 11 is 0. The first-order valence-corrected chi connectivity index (χ1v) is 10.5. The van der Waals surface area contributed by atoms with Crippen LogP contribution >= 0.6 is 0 Å². The van der Waals surface area contributed by atoms with E-state index in [0.717, 1.165) is 12.8 Å². The summed E-state index contributed by atoms with van der Waals surface area (Å²) in [6, 6.07) is 5.83. The predicted molar refractivity (Wildman–Crippen MR) is 101 cm³/mol. The number of nitrogens with one attached hydrogen (secondary N) is 1. The summed E-state index contributed by atoms with van der Waals surface area (Å²) in [5.41, 5.74) is 2.23. The van der Waals surface area contributed by atoms with Crippen molar-refractivity contribution in [2.24, 2.45) is 7.05 Å². The van der Waals surface area contributed by atoms with E-state index in [-0.39, 0.29) is 11.4 Å². The second kappa shape index (κ2) is 6.82. The molecule has 0 spiro atoms. The third-order valence-corrected chi connectivity index (χ3v) is 6.72. The van der Waals surface area contributed by atoms with E-state index < -0.39 is 15.8 Å². The third kappa shape index (κ3) is 3.35. The smallest absolute Gasteiger partial charge is 0.264 e. The Bertz CT molecular complexity index is 1150. The molecule has 0 amide bonds.